The number of hydrogen-bond donors (Lipinski definition) is 1. The van der Waals surface area contributed by atoms with Gasteiger partial charge in [0.25, 0.3) is 0 Å². The van der Waals surface area contributed by atoms with Crippen molar-refractivity contribution in [3.63, 3.8) is 0 Å². The van der Waals surface area contributed by atoms with Crippen LogP contribution < -0.4 is 10.5 Å². The zero-order valence-electron chi connectivity index (χ0n) is 13.1. The average Bonchev–Trinajstić information content (AvgIpc) is 2.90. The first-order valence-corrected chi connectivity index (χ1v) is 8.31. The van der Waals surface area contributed by atoms with Crippen molar-refractivity contribution in [3.8, 4) is 5.75 Å². The molecule has 1 saturated heterocycles. The van der Waals surface area contributed by atoms with E-state index >= 15 is 0 Å². The highest BCUT2D eigenvalue weighted by molar-refractivity contribution is 5.37. The summed E-state index contributed by atoms with van der Waals surface area (Å²) in [5.41, 5.74) is 8.35. The number of ether oxygens (including phenoxy) is 2. The number of nitrogens with two attached hydrogens (primary N) is 1. The fraction of sp³-hybridized carbons (Fsp3) is 0.667. The lowest BCUT2D eigenvalue weighted by molar-refractivity contribution is -0.108. The second-order valence-electron chi connectivity index (χ2n) is 6.62. The van der Waals surface area contributed by atoms with E-state index in [-0.39, 0.29) is 11.7 Å². The topological polar surface area (TPSA) is 44.5 Å². The average molecular weight is 289 g/mol. The molecule has 1 unspecified atom stereocenters. The summed E-state index contributed by atoms with van der Waals surface area (Å²) < 4.78 is 12.4. The van der Waals surface area contributed by atoms with Gasteiger partial charge in [0.15, 0.2) is 0 Å². The van der Waals surface area contributed by atoms with E-state index in [1.807, 2.05) is 0 Å². The summed E-state index contributed by atoms with van der Waals surface area (Å²) in [6.07, 6.45) is 8.22. The molecule has 1 aromatic rings. The van der Waals surface area contributed by atoms with Crippen LogP contribution in [0.25, 0.3) is 0 Å². The van der Waals surface area contributed by atoms with Crippen molar-refractivity contribution < 1.29 is 9.47 Å². The third kappa shape index (κ3) is 3.41. The van der Waals surface area contributed by atoms with E-state index in [4.69, 9.17) is 15.2 Å². The van der Waals surface area contributed by atoms with Crippen molar-refractivity contribution in [2.45, 2.75) is 63.6 Å². The Bertz CT molecular complexity index is 480. The van der Waals surface area contributed by atoms with Crippen LogP contribution in [-0.2, 0) is 11.2 Å². The molecule has 0 amide bonds. The summed E-state index contributed by atoms with van der Waals surface area (Å²) >= 11 is 0. The first-order chi connectivity index (χ1) is 10.2. The van der Waals surface area contributed by atoms with Gasteiger partial charge in [-0.1, -0.05) is 30.5 Å². The monoisotopic (exact) mass is 289 g/mol. The minimum Gasteiger partial charge on any atom is -0.490 e. The van der Waals surface area contributed by atoms with Gasteiger partial charge in [0.1, 0.15) is 11.9 Å². The second-order valence-corrected chi connectivity index (χ2v) is 6.62. The van der Waals surface area contributed by atoms with Gasteiger partial charge >= 0.3 is 0 Å². The third-order valence-corrected chi connectivity index (χ3v) is 4.89. The Balaban J connectivity index is 1.71. The first-order valence-electron chi connectivity index (χ1n) is 8.31. The molecule has 3 nitrogen and oxygen atoms in total. The van der Waals surface area contributed by atoms with Crippen LogP contribution in [0.2, 0.25) is 0 Å². The highest BCUT2D eigenvalue weighted by Gasteiger charge is 2.40. The normalized spacial score (nSPS) is 24.4. The highest BCUT2D eigenvalue weighted by atomic mass is 16.5. The van der Waals surface area contributed by atoms with Gasteiger partial charge in [-0.05, 0) is 44.4 Å². The zero-order valence-corrected chi connectivity index (χ0v) is 13.1. The van der Waals surface area contributed by atoms with Crippen molar-refractivity contribution in [1.82, 2.24) is 0 Å². The summed E-state index contributed by atoms with van der Waals surface area (Å²) in [6.45, 7) is 3.62. The van der Waals surface area contributed by atoms with Crippen LogP contribution in [0, 0.1) is 6.92 Å². The van der Waals surface area contributed by atoms with E-state index < -0.39 is 0 Å². The molecule has 0 bridgehead atoms. The largest absolute Gasteiger partial charge is 0.490 e. The van der Waals surface area contributed by atoms with E-state index in [1.165, 1.54) is 36.8 Å². The van der Waals surface area contributed by atoms with Crippen molar-refractivity contribution in [2.75, 3.05) is 13.2 Å². The van der Waals surface area contributed by atoms with Crippen molar-refractivity contribution in [3.05, 3.63) is 29.3 Å². The molecule has 21 heavy (non-hydrogen) atoms. The van der Waals surface area contributed by atoms with Gasteiger partial charge in [-0.25, -0.2) is 0 Å². The van der Waals surface area contributed by atoms with Gasteiger partial charge in [0.05, 0.1) is 12.2 Å². The SMILES string of the molecule is Cc1ccc(OC2CCOC3(CCCC3)C2)c(CCN)c1. The van der Waals surface area contributed by atoms with E-state index in [0.29, 0.717) is 6.54 Å². The third-order valence-electron chi connectivity index (χ3n) is 4.89. The lowest BCUT2D eigenvalue weighted by Gasteiger charge is -2.38. The maximum atomic E-state index is 6.35. The summed E-state index contributed by atoms with van der Waals surface area (Å²) in [4.78, 5) is 0. The Kier molecular flexibility index (Phi) is 4.51. The molecule has 1 aliphatic carbocycles. The van der Waals surface area contributed by atoms with E-state index in [2.05, 4.69) is 25.1 Å². The Morgan fingerprint density at radius 2 is 2.14 bits per heavy atom. The second kappa shape index (κ2) is 6.37. The Morgan fingerprint density at radius 1 is 1.33 bits per heavy atom. The van der Waals surface area contributed by atoms with Crippen LogP contribution >= 0.6 is 0 Å². The molecule has 2 aliphatic rings. The predicted octanol–water partition coefficient (Wildman–Crippen LogP) is 3.37. The van der Waals surface area contributed by atoms with Crippen LogP contribution in [-0.4, -0.2) is 24.9 Å². The Labute approximate surface area is 127 Å². The van der Waals surface area contributed by atoms with Gasteiger partial charge in [0.2, 0.25) is 0 Å². The molecule has 1 heterocycles. The van der Waals surface area contributed by atoms with Crippen molar-refractivity contribution >= 4 is 0 Å². The number of hydrogen-bond acceptors (Lipinski definition) is 3. The first kappa shape index (κ1) is 14.9. The maximum Gasteiger partial charge on any atom is 0.122 e. The standard InChI is InChI=1S/C18H27NO2/c1-14-4-5-17(15(12-14)6-10-19)21-16-7-11-20-18(13-16)8-2-3-9-18/h4-5,12,16H,2-3,6-11,13,19H2,1H3. The lowest BCUT2D eigenvalue weighted by atomic mass is 9.90. The van der Waals surface area contributed by atoms with Gasteiger partial charge in [-0.15, -0.1) is 0 Å². The van der Waals surface area contributed by atoms with Crippen LogP contribution in [0.5, 0.6) is 5.75 Å². The predicted molar refractivity (Wildman–Crippen MR) is 84.7 cm³/mol. The molecule has 1 aliphatic heterocycles. The molecular weight excluding hydrogens is 262 g/mol. The summed E-state index contributed by atoms with van der Waals surface area (Å²) in [7, 11) is 0. The van der Waals surface area contributed by atoms with Crippen LogP contribution in [0.15, 0.2) is 18.2 Å². The van der Waals surface area contributed by atoms with Crippen molar-refractivity contribution in [2.24, 2.45) is 5.73 Å². The number of rotatable bonds is 4. The molecule has 3 rings (SSSR count). The Hall–Kier alpha value is -1.06. The summed E-state index contributed by atoms with van der Waals surface area (Å²) in [6, 6.07) is 6.43. The summed E-state index contributed by atoms with van der Waals surface area (Å²) in [5, 5.41) is 0. The lowest BCUT2D eigenvalue weighted by Crippen LogP contribution is -2.41. The molecule has 1 aromatic carbocycles. The van der Waals surface area contributed by atoms with E-state index in [9.17, 15) is 0 Å². The highest BCUT2D eigenvalue weighted by Crippen LogP contribution is 2.41. The molecule has 0 radical (unpaired) electrons. The molecule has 0 aromatic heterocycles. The number of benzene rings is 1. The van der Waals surface area contributed by atoms with Crippen LogP contribution in [0.3, 0.4) is 0 Å². The molecule has 1 saturated carbocycles. The minimum atomic E-state index is 0.113. The molecule has 1 atom stereocenters. The minimum absolute atomic E-state index is 0.113. The summed E-state index contributed by atoms with van der Waals surface area (Å²) in [5.74, 6) is 1.02. The molecule has 116 valence electrons. The van der Waals surface area contributed by atoms with E-state index in [1.54, 1.807) is 0 Å². The van der Waals surface area contributed by atoms with E-state index in [0.717, 1.165) is 31.6 Å². The maximum absolute atomic E-state index is 6.35. The molecule has 3 heteroatoms. The fourth-order valence-corrected chi connectivity index (χ4v) is 3.80. The molecular formula is C18H27NO2. The van der Waals surface area contributed by atoms with Gasteiger partial charge < -0.3 is 15.2 Å². The quantitative estimate of drug-likeness (QED) is 0.924. The smallest absolute Gasteiger partial charge is 0.122 e. The van der Waals surface area contributed by atoms with Crippen molar-refractivity contribution in [1.29, 1.82) is 0 Å². The molecule has 1 spiro atoms. The molecule has 2 N–H and O–H groups in total. The van der Waals surface area contributed by atoms with Crippen LogP contribution in [0.4, 0.5) is 0 Å². The Morgan fingerprint density at radius 3 is 2.90 bits per heavy atom. The number of aryl methyl sites for hydroxylation is 1. The van der Waals surface area contributed by atoms with Crippen LogP contribution in [0.1, 0.15) is 49.7 Å². The van der Waals surface area contributed by atoms with Gasteiger partial charge in [-0.2, -0.15) is 0 Å². The fourth-order valence-electron chi connectivity index (χ4n) is 3.80. The van der Waals surface area contributed by atoms with Gasteiger partial charge in [0, 0.05) is 12.8 Å². The molecule has 2 fully saturated rings. The van der Waals surface area contributed by atoms with Gasteiger partial charge in [-0.3, -0.25) is 0 Å². The zero-order chi connectivity index (χ0) is 14.7.